The first-order valence-electron chi connectivity index (χ1n) is 9.22. The van der Waals surface area contributed by atoms with Crippen molar-refractivity contribution in [1.82, 2.24) is 19.8 Å². The second-order valence-corrected chi connectivity index (χ2v) is 9.20. The summed E-state index contributed by atoms with van der Waals surface area (Å²) in [7, 11) is -1.24. The SMILES string of the molecule is Cn1ccc(C2CCC(OC[C@@H]3NCCC[C@@H]3NS(C)(=O)=O)CC2)n1. The molecule has 0 aromatic carbocycles. The third kappa shape index (κ3) is 5.51. The minimum atomic E-state index is -3.19. The van der Waals surface area contributed by atoms with Crippen LogP contribution in [0.15, 0.2) is 12.3 Å². The quantitative estimate of drug-likeness (QED) is 0.784. The number of nitrogens with zero attached hydrogens (tertiary/aromatic N) is 2. The zero-order valence-corrected chi connectivity index (χ0v) is 16.0. The van der Waals surface area contributed by atoms with Crippen LogP contribution in [0.4, 0.5) is 0 Å². The van der Waals surface area contributed by atoms with Gasteiger partial charge in [0, 0.05) is 31.2 Å². The monoisotopic (exact) mass is 370 g/mol. The molecule has 2 N–H and O–H groups in total. The molecule has 0 unspecified atom stereocenters. The first-order chi connectivity index (χ1) is 11.9. The van der Waals surface area contributed by atoms with Crippen LogP contribution in [0, 0.1) is 0 Å². The van der Waals surface area contributed by atoms with Crippen molar-refractivity contribution in [1.29, 1.82) is 0 Å². The van der Waals surface area contributed by atoms with Crippen molar-refractivity contribution in [2.75, 3.05) is 19.4 Å². The fraction of sp³-hybridized carbons (Fsp3) is 0.824. The largest absolute Gasteiger partial charge is 0.377 e. The van der Waals surface area contributed by atoms with Gasteiger partial charge >= 0.3 is 0 Å². The third-order valence-corrected chi connectivity index (χ3v) is 6.02. The Balaban J connectivity index is 1.45. The number of aromatic nitrogens is 2. The van der Waals surface area contributed by atoms with Gasteiger partial charge in [0.15, 0.2) is 0 Å². The highest BCUT2D eigenvalue weighted by atomic mass is 32.2. The topological polar surface area (TPSA) is 85.2 Å². The molecule has 8 heteroatoms. The third-order valence-electron chi connectivity index (χ3n) is 5.29. The Morgan fingerprint density at radius 3 is 2.72 bits per heavy atom. The van der Waals surface area contributed by atoms with Crippen LogP contribution in [0.25, 0.3) is 0 Å². The average molecular weight is 371 g/mol. The smallest absolute Gasteiger partial charge is 0.209 e. The zero-order chi connectivity index (χ0) is 17.9. The van der Waals surface area contributed by atoms with E-state index in [-0.39, 0.29) is 18.2 Å². The van der Waals surface area contributed by atoms with Gasteiger partial charge in [-0.25, -0.2) is 13.1 Å². The summed E-state index contributed by atoms with van der Waals surface area (Å²) in [6.07, 6.45) is 9.62. The lowest BCUT2D eigenvalue weighted by molar-refractivity contribution is 0.00502. The minimum absolute atomic E-state index is 0.0528. The molecular weight excluding hydrogens is 340 g/mol. The van der Waals surface area contributed by atoms with Gasteiger partial charge in [0.2, 0.25) is 10.0 Å². The molecule has 1 saturated carbocycles. The van der Waals surface area contributed by atoms with Crippen molar-refractivity contribution in [3.8, 4) is 0 Å². The second kappa shape index (κ2) is 8.16. The molecule has 0 spiro atoms. The first-order valence-corrected chi connectivity index (χ1v) is 11.1. The molecular formula is C17H30N4O3S. The fourth-order valence-electron chi connectivity index (χ4n) is 3.96. The van der Waals surface area contributed by atoms with Crippen LogP contribution >= 0.6 is 0 Å². The van der Waals surface area contributed by atoms with Crippen molar-refractivity contribution in [2.45, 2.75) is 62.6 Å². The number of sulfonamides is 1. The summed E-state index contributed by atoms with van der Waals surface area (Å²) in [6.45, 7) is 1.48. The number of rotatable bonds is 6. The Morgan fingerprint density at radius 2 is 2.08 bits per heavy atom. The van der Waals surface area contributed by atoms with E-state index < -0.39 is 10.0 Å². The van der Waals surface area contributed by atoms with E-state index in [0.717, 1.165) is 45.1 Å². The van der Waals surface area contributed by atoms with Gasteiger partial charge in [-0.15, -0.1) is 0 Å². The van der Waals surface area contributed by atoms with Gasteiger partial charge in [0.25, 0.3) is 0 Å². The maximum atomic E-state index is 11.5. The molecule has 2 heterocycles. The highest BCUT2D eigenvalue weighted by molar-refractivity contribution is 7.88. The van der Waals surface area contributed by atoms with Crippen LogP contribution in [0.2, 0.25) is 0 Å². The zero-order valence-electron chi connectivity index (χ0n) is 15.1. The summed E-state index contributed by atoms with van der Waals surface area (Å²) in [6, 6.07) is 2.09. The van der Waals surface area contributed by atoms with Crippen molar-refractivity contribution in [2.24, 2.45) is 7.05 Å². The molecule has 2 fully saturated rings. The molecule has 25 heavy (non-hydrogen) atoms. The molecule has 3 rings (SSSR count). The summed E-state index contributed by atoms with van der Waals surface area (Å²) in [5, 5.41) is 7.93. The van der Waals surface area contributed by atoms with E-state index in [1.165, 1.54) is 11.9 Å². The molecule has 1 aromatic heterocycles. The number of piperidine rings is 1. The molecule has 0 radical (unpaired) electrons. The van der Waals surface area contributed by atoms with Crippen LogP contribution in [-0.2, 0) is 21.8 Å². The van der Waals surface area contributed by atoms with E-state index in [1.54, 1.807) is 0 Å². The molecule has 1 aliphatic heterocycles. The molecule has 0 bridgehead atoms. The van der Waals surface area contributed by atoms with Gasteiger partial charge in [0.1, 0.15) is 0 Å². The number of hydrogen-bond donors (Lipinski definition) is 2. The summed E-state index contributed by atoms with van der Waals surface area (Å²) in [5.41, 5.74) is 1.19. The summed E-state index contributed by atoms with van der Waals surface area (Å²) in [5.74, 6) is 0.536. The highest BCUT2D eigenvalue weighted by Gasteiger charge is 2.29. The van der Waals surface area contributed by atoms with Crippen LogP contribution in [-0.4, -0.2) is 55.8 Å². The molecule has 1 aromatic rings. The lowest BCUT2D eigenvalue weighted by atomic mass is 9.85. The predicted molar refractivity (Wildman–Crippen MR) is 96.9 cm³/mol. The normalized spacial score (nSPS) is 31.1. The fourth-order valence-corrected chi connectivity index (χ4v) is 4.79. The molecule has 1 aliphatic carbocycles. The number of nitrogens with one attached hydrogen (secondary N) is 2. The summed E-state index contributed by atoms with van der Waals surface area (Å²) in [4.78, 5) is 0. The Labute approximate surface area is 150 Å². The van der Waals surface area contributed by atoms with E-state index >= 15 is 0 Å². The maximum absolute atomic E-state index is 11.5. The molecule has 142 valence electrons. The molecule has 2 atom stereocenters. The van der Waals surface area contributed by atoms with E-state index in [4.69, 9.17) is 4.74 Å². The number of aryl methyl sites for hydroxylation is 1. The van der Waals surface area contributed by atoms with Gasteiger partial charge in [-0.1, -0.05) is 0 Å². The van der Waals surface area contributed by atoms with Crippen LogP contribution in [0.5, 0.6) is 0 Å². The standard InChI is InChI=1S/C17H30N4O3S/c1-21-11-9-15(19-21)13-5-7-14(8-6-13)24-12-17-16(4-3-10-18-17)20-25(2,22)23/h9,11,13-14,16-18,20H,3-8,10,12H2,1-2H3/t13?,14?,16-,17-/m0/s1. The number of hydrogen-bond acceptors (Lipinski definition) is 5. The first kappa shape index (κ1) is 18.8. The second-order valence-electron chi connectivity index (χ2n) is 7.42. The van der Waals surface area contributed by atoms with Crippen molar-refractivity contribution in [3.05, 3.63) is 18.0 Å². The Bertz CT molecular complexity index is 653. The van der Waals surface area contributed by atoms with Gasteiger partial charge < -0.3 is 10.1 Å². The van der Waals surface area contributed by atoms with Crippen LogP contribution < -0.4 is 10.0 Å². The highest BCUT2D eigenvalue weighted by Crippen LogP contribution is 2.33. The lowest BCUT2D eigenvalue weighted by Gasteiger charge is -2.34. The Kier molecular flexibility index (Phi) is 6.14. The molecule has 2 aliphatic rings. The summed E-state index contributed by atoms with van der Waals surface area (Å²) >= 11 is 0. The number of ether oxygens (including phenoxy) is 1. The van der Waals surface area contributed by atoms with Gasteiger partial charge in [-0.3, -0.25) is 4.68 Å². The molecule has 1 saturated heterocycles. The van der Waals surface area contributed by atoms with Crippen molar-refractivity contribution < 1.29 is 13.2 Å². The summed E-state index contributed by atoms with van der Waals surface area (Å²) < 4.78 is 33.8. The van der Waals surface area contributed by atoms with E-state index in [2.05, 4.69) is 21.2 Å². The minimum Gasteiger partial charge on any atom is -0.377 e. The van der Waals surface area contributed by atoms with E-state index in [1.807, 2.05) is 17.9 Å². The van der Waals surface area contributed by atoms with Gasteiger partial charge in [-0.05, 0) is 51.1 Å². The van der Waals surface area contributed by atoms with Crippen molar-refractivity contribution >= 4 is 10.0 Å². The van der Waals surface area contributed by atoms with Gasteiger partial charge in [-0.2, -0.15) is 5.10 Å². The van der Waals surface area contributed by atoms with Gasteiger partial charge in [0.05, 0.1) is 24.7 Å². The Hall–Kier alpha value is -0.960. The predicted octanol–water partition coefficient (Wildman–Crippen LogP) is 1.13. The van der Waals surface area contributed by atoms with E-state index in [0.29, 0.717) is 12.5 Å². The molecule has 0 amide bonds. The Morgan fingerprint density at radius 1 is 1.32 bits per heavy atom. The maximum Gasteiger partial charge on any atom is 0.209 e. The average Bonchev–Trinajstić information content (AvgIpc) is 3.00. The lowest BCUT2D eigenvalue weighted by Crippen LogP contribution is -2.55. The van der Waals surface area contributed by atoms with E-state index in [9.17, 15) is 8.42 Å². The van der Waals surface area contributed by atoms with Crippen LogP contribution in [0.1, 0.15) is 50.1 Å². The van der Waals surface area contributed by atoms with Crippen LogP contribution in [0.3, 0.4) is 0 Å². The van der Waals surface area contributed by atoms with Crippen molar-refractivity contribution in [3.63, 3.8) is 0 Å². The molecule has 7 nitrogen and oxygen atoms in total.